The van der Waals surface area contributed by atoms with Gasteiger partial charge in [-0.15, -0.1) is 0 Å². The predicted octanol–water partition coefficient (Wildman–Crippen LogP) is 1.13. The number of halogens is 1. The van der Waals surface area contributed by atoms with Crippen molar-refractivity contribution in [3.8, 4) is 0 Å². The van der Waals surface area contributed by atoms with Crippen molar-refractivity contribution >= 4 is 17.3 Å². The minimum Gasteiger partial charge on any atom is -0.362 e. The number of aromatic amines is 1. The van der Waals surface area contributed by atoms with E-state index in [-0.39, 0.29) is 16.6 Å². The molecule has 1 aromatic rings. The third kappa shape index (κ3) is 2.30. The molecule has 2 atom stereocenters. The van der Waals surface area contributed by atoms with Gasteiger partial charge < -0.3 is 10.6 Å². The Morgan fingerprint density at radius 2 is 2.41 bits per heavy atom. The first kappa shape index (κ1) is 12.4. The lowest BCUT2D eigenvalue weighted by atomic mass is 9.96. The van der Waals surface area contributed by atoms with Crippen LogP contribution in [0.4, 0.5) is 5.69 Å². The number of piperidine rings is 1. The van der Waals surface area contributed by atoms with E-state index in [4.69, 9.17) is 17.3 Å². The van der Waals surface area contributed by atoms with Crippen LogP contribution in [0.5, 0.6) is 0 Å². The molecule has 0 spiro atoms. The Morgan fingerprint density at radius 3 is 3.12 bits per heavy atom. The van der Waals surface area contributed by atoms with Crippen molar-refractivity contribution < 1.29 is 0 Å². The average molecular weight is 257 g/mol. The van der Waals surface area contributed by atoms with Crippen LogP contribution in [-0.4, -0.2) is 28.8 Å². The second-order valence-corrected chi connectivity index (χ2v) is 4.85. The van der Waals surface area contributed by atoms with Crippen LogP contribution in [0.15, 0.2) is 11.0 Å². The van der Waals surface area contributed by atoms with E-state index in [0.717, 1.165) is 19.3 Å². The van der Waals surface area contributed by atoms with Crippen molar-refractivity contribution in [2.24, 2.45) is 5.73 Å². The van der Waals surface area contributed by atoms with Crippen molar-refractivity contribution in [2.45, 2.75) is 38.3 Å². The van der Waals surface area contributed by atoms with Gasteiger partial charge in [-0.3, -0.25) is 4.79 Å². The molecule has 1 fully saturated rings. The Morgan fingerprint density at radius 1 is 1.65 bits per heavy atom. The second-order valence-electron chi connectivity index (χ2n) is 4.48. The maximum absolute atomic E-state index is 11.5. The van der Waals surface area contributed by atoms with Gasteiger partial charge in [-0.05, 0) is 26.2 Å². The minimum atomic E-state index is -0.349. The molecule has 3 N–H and O–H groups in total. The fourth-order valence-electron chi connectivity index (χ4n) is 2.51. The third-order valence-electron chi connectivity index (χ3n) is 3.35. The summed E-state index contributed by atoms with van der Waals surface area (Å²) in [6.07, 6.45) is 4.88. The first-order chi connectivity index (χ1) is 8.15. The number of H-pyrrole nitrogens is 1. The van der Waals surface area contributed by atoms with Gasteiger partial charge in [0.05, 0.1) is 11.9 Å². The lowest BCUT2D eigenvalue weighted by Gasteiger charge is -2.42. The Hall–Kier alpha value is -1.07. The monoisotopic (exact) mass is 256 g/mol. The molecule has 0 amide bonds. The fraction of sp³-hybridized carbons (Fsp3) is 0.636. The van der Waals surface area contributed by atoms with Gasteiger partial charge in [-0.25, -0.2) is 5.10 Å². The van der Waals surface area contributed by atoms with Gasteiger partial charge in [0.15, 0.2) is 0 Å². The van der Waals surface area contributed by atoms with E-state index >= 15 is 0 Å². The maximum atomic E-state index is 11.5. The highest BCUT2D eigenvalue weighted by Gasteiger charge is 2.29. The second kappa shape index (κ2) is 5.06. The van der Waals surface area contributed by atoms with Crippen molar-refractivity contribution in [3.63, 3.8) is 0 Å². The molecule has 5 nitrogen and oxygen atoms in total. The van der Waals surface area contributed by atoms with E-state index in [2.05, 4.69) is 22.0 Å². The molecule has 17 heavy (non-hydrogen) atoms. The standard InChI is InChI=1S/C11H17ClN4O/c1-7-3-2-4-8(5-13)16(7)9-6-14-15-11(17)10(9)12/h6-8H,2-5,13H2,1H3,(H,15,17). The van der Waals surface area contributed by atoms with Crippen molar-refractivity contribution in [1.82, 2.24) is 10.2 Å². The van der Waals surface area contributed by atoms with E-state index in [1.807, 2.05) is 0 Å². The highest BCUT2D eigenvalue weighted by atomic mass is 35.5. The Bertz CT molecular complexity index is 447. The fourth-order valence-corrected chi connectivity index (χ4v) is 2.70. The van der Waals surface area contributed by atoms with Crippen LogP contribution in [-0.2, 0) is 0 Å². The molecule has 0 saturated carbocycles. The lowest BCUT2D eigenvalue weighted by Crippen LogP contribution is -2.49. The molecule has 1 aromatic heterocycles. The lowest BCUT2D eigenvalue weighted by molar-refractivity contribution is 0.400. The number of hydrogen-bond donors (Lipinski definition) is 2. The van der Waals surface area contributed by atoms with Gasteiger partial charge in [0.25, 0.3) is 5.56 Å². The first-order valence-electron chi connectivity index (χ1n) is 5.86. The molecule has 0 aromatic carbocycles. The summed E-state index contributed by atoms with van der Waals surface area (Å²) >= 11 is 6.05. The average Bonchev–Trinajstić information content (AvgIpc) is 2.33. The van der Waals surface area contributed by atoms with Crippen LogP contribution in [0.3, 0.4) is 0 Å². The molecule has 0 radical (unpaired) electrons. The summed E-state index contributed by atoms with van der Waals surface area (Å²) in [6.45, 7) is 2.69. The summed E-state index contributed by atoms with van der Waals surface area (Å²) in [7, 11) is 0. The van der Waals surface area contributed by atoms with Crippen LogP contribution in [0.1, 0.15) is 26.2 Å². The quantitative estimate of drug-likeness (QED) is 0.832. The van der Waals surface area contributed by atoms with Crippen molar-refractivity contribution in [1.29, 1.82) is 0 Å². The number of aromatic nitrogens is 2. The molecule has 1 aliphatic heterocycles. The van der Waals surface area contributed by atoms with Crippen LogP contribution in [0.25, 0.3) is 0 Å². The number of nitrogens with two attached hydrogens (primary N) is 1. The highest BCUT2D eigenvalue weighted by molar-refractivity contribution is 6.33. The highest BCUT2D eigenvalue weighted by Crippen LogP contribution is 2.31. The molecule has 2 unspecified atom stereocenters. The van der Waals surface area contributed by atoms with Gasteiger partial charge in [0.2, 0.25) is 0 Å². The zero-order chi connectivity index (χ0) is 12.4. The molecule has 1 aliphatic rings. The summed E-state index contributed by atoms with van der Waals surface area (Å²) < 4.78 is 0. The SMILES string of the molecule is CC1CCCC(CN)N1c1cn[nH]c(=O)c1Cl. The number of rotatable bonds is 2. The molecule has 2 heterocycles. The minimum absolute atomic E-state index is 0.201. The smallest absolute Gasteiger partial charge is 0.285 e. The molecule has 6 heteroatoms. The third-order valence-corrected chi connectivity index (χ3v) is 3.72. The van der Waals surface area contributed by atoms with Crippen LogP contribution >= 0.6 is 11.6 Å². The largest absolute Gasteiger partial charge is 0.362 e. The zero-order valence-corrected chi connectivity index (χ0v) is 10.6. The van der Waals surface area contributed by atoms with Crippen LogP contribution < -0.4 is 16.2 Å². The molecule has 1 saturated heterocycles. The molecule has 2 rings (SSSR count). The molecule has 0 aliphatic carbocycles. The predicted molar refractivity (Wildman–Crippen MR) is 68.5 cm³/mol. The molecule has 94 valence electrons. The first-order valence-corrected chi connectivity index (χ1v) is 6.24. The number of hydrogen-bond acceptors (Lipinski definition) is 4. The van der Waals surface area contributed by atoms with Gasteiger partial charge >= 0.3 is 0 Å². The van der Waals surface area contributed by atoms with E-state index in [1.54, 1.807) is 6.20 Å². The molecular formula is C11H17ClN4O. The van der Waals surface area contributed by atoms with Gasteiger partial charge in [-0.1, -0.05) is 11.6 Å². The summed E-state index contributed by atoms with van der Waals surface area (Å²) in [5, 5.41) is 6.35. The summed E-state index contributed by atoms with van der Waals surface area (Å²) in [6, 6.07) is 0.568. The van der Waals surface area contributed by atoms with E-state index < -0.39 is 0 Å². The Kier molecular flexibility index (Phi) is 3.69. The van der Waals surface area contributed by atoms with Gasteiger partial charge in [0, 0.05) is 18.6 Å². The normalized spacial score (nSPS) is 25.0. The van der Waals surface area contributed by atoms with Gasteiger partial charge in [-0.2, -0.15) is 5.10 Å². The topological polar surface area (TPSA) is 75.0 Å². The Labute approximate surface area is 105 Å². The summed E-state index contributed by atoms with van der Waals surface area (Å²) in [5.41, 5.74) is 6.13. The van der Waals surface area contributed by atoms with Crippen molar-refractivity contribution in [3.05, 3.63) is 21.6 Å². The Balaban J connectivity index is 2.41. The van der Waals surface area contributed by atoms with E-state index in [0.29, 0.717) is 18.3 Å². The molecular weight excluding hydrogens is 240 g/mol. The van der Waals surface area contributed by atoms with Crippen molar-refractivity contribution in [2.75, 3.05) is 11.4 Å². The zero-order valence-electron chi connectivity index (χ0n) is 9.82. The maximum Gasteiger partial charge on any atom is 0.285 e. The molecule has 0 bridgehead atoms. The van der Waals surface area contributed by atoms with Gasteiger partial charge in [0.1, 0.15) is 5.02 Å². The number of anilines is 1. The number of nitrogens with one attached hydrogen (secondary N) is 1. The summed E-state index contributed by atoms with van der Waals surface area (Å²) in [4.78, 5) is 13.6. The van der Waals surface area contributed by atoms with E-state index in [9.17, 15) is 4.79 Å². The summed E-state index contributed by atoms with van der Waals surface area (Å²) in [5.74, 6) is 0. The van der Waals surface area contributed by atoms with Crippen LogP contribution in [0.2, 0.25) is 5.02 Å². The van der Waals surface area contributed by atoms with E-state index in [1.165, 1.54) is 0 Å². The number of nitrogens with zero attached hydrogens (tertiary/aromatic N) is 2. The van der Waals surface area contributed by atoms with Crippen LogP contribution in [0, 0.1) is 0 Å².